The fourth-order valence-corrected chi connectivity index (χ4v) is 5.55. The van der Waals surface area contributed by atoms with Gasteiger partial charge in [0.2, 0.25) is 16.0 Å². The Morgan fingerprint density at radius 1 is 1.06 bits per heavy atom. The van der Waals surface area contributed by atoms with E-state index in [0.717, 1.165) is 31.5 Å². The smallest absolute Gasteiger partial charge is 0.243 e. The predicted molar refractivity (Wildman–Crippen MR) is 136 cm³/mol. The lowest BCUT2D eigenvalue weighted by Crippen LogP contribution is -2.32. The summed E-state index contributed by atoms with van der Waals surface area (Å²) >= 11 is 0. The Morgan fingerprint density at radius 3 is 2.25 bits per heavy atom. The molecule has 1 aliphatic heterocycles. The Kier molecular flexibility index (Phi) is 7.74. The molecule has 0 amide bonds. The monoisotopic (exact) mass is 515 g/mol. The van der Waals surface area contributed by atoms with Crippen LogP contribution in [0.5, 0.6) is 11.5 Å². The Hall–Kier alpha value is -3.25. The minimum Gasteiger partial charge on any atom is -0.494 e. The number of hydrogen-bond donors (Lipinski definition) is 2. The highest BCUT2D eigenvalue weighted by Gasteiger charge is 2.33. The predicted octanol–water partition coefficient (Wildman–Crippen LogP) is 2.78. The lowest BCUT2D eigenvalue weighted by molar-refractivity contribution is 0.388. The van der Waals surface area contributed by atoms with Gasteiger partial charge in [-0.3, -0.25) is 9.29 Å². The van der Waals surface area contributed by atoms with E-state index >= 15 is 0 Å². The highest BCUT2D eigenvalue weighted by molar-refractivity contribution is 7.93. The third-order valence-corrected chi connectivity index (χ3v) is 8.51. The fraction of sp³-hybridized carbons (Fsp3) is 0.500. The molecule has 0 spiro atoms. The maximum Gasteiger partial charge on any atom is 0.243 e. The molecule has 12 heteroatoms. The first-order chi connectivity index (χ1) is 17.3. The number of aromatic nitrogens is 5. The van der Waals surface area contributed by atoms with Gasteiger partial charge >= 0.3 is 0 Å². The van der Waals surface area contributed by atoms with Crippen molar-refractivity contribution in [1.82, 2.24) is 30.0 Å². The zero-order valence-corrected chi connectivity index (χ0v) is 22.0. The molecule has 0 radical (unpaired) electrons. The van der Waals surface area contributed by atoms with Crippen molar-refractivity contribution in [3.8, 4) is 17.2 Å². The number of aryl methyl sites for hydroxylation is 1. The molecule has 0 aliphatic carbocycles. The molecule has 1 fully saturated rings. The van der Waals surface area contributed by atoms with E-state index in [2.05, 4.69) is 30.2 Å². The van der Waals surface area contributed by atoms with Crippen LogP contribution < -0.4 is 19.5 Å². The summed E-state index contributed by atoms with van der Waals surface area (Å²) in [6.45, 7) is 6.99. The standard InChI is InChI=1S/C24H33N7O4S/c1-15-13-26-22(27-14-15)16(2)17(3)36(32,33)30-24-29-28-23(18-9-11-25-12-10-18)31(24)21-19(34-4)7-6-8-20(21)35-5/h6-8,13-14,16-18,25H,9-12H2,1-5H3,(H,29,30)/t16-,17-/m0/s1. The summed E-state index contributed by atoms with van der Waals surface area (Å²) in [6, 6.07) is 5.40. The van der Waals surface area contributed by atoms with Crippen LogP contribution in [0.4, 0.5) is 5.95 Å². The molecule has 0 unspecified atom stereocenters. The number of anilines is 1. The maximum atomic E-state index is 13.5. The number of rotatable bonds is 9. The highest BCUT2D eigenvalue weighted by Crippen LogP contribution is 2.38. The molecule has 0 saturated carbocycles. The van der Waals surface area contributed by atoms with Gasteiger partial charge in [-0.05, 0) is 57.5 Å². The van der Waals surface area contributed by atoms with Crippen molar-refractivity contribution in [3.05, 3.63) is 47.8 Å². The lowest BCUT2D eigenvalue weighted by Gasteiger charge is -2.25. The van der Waals surface area contributed by atoms with Gasteiger partial charge in [0.25, 0.3) is 0 Å². The number of hydrogen-bond acceptors (Lipinski definition) is 9. The summed E-state index contributed by atoms with van der Waals surface area (Å²) in [5, 5.41) is 11.2. The van der Waals surface area contributed by atoms with Crippen molar-refractivity contribution in [3.63, 3.8) is 0 Å². The van der Waals surface area contributed by atoms with Crippen molar-refractivity contribution in [1.29, 1.82) is 0 Å². The van der Waals surface area contributed by atoms with Crippen LogP contribution in [-0.2, 0) is 10.0 Å². The first-order valence-electron chi connectivity index (χ1n) is 11.9. The molecule has 3 heterocycles. The Labute approximate surface area is 211 Å². The van der Waals surface area contributed by atoms with Gasteiger partial charge in [-0.1, -0.05) is 13.0 Å². The van der Waals surface area contributed by atoms with Crippen molar-refractivity contribution in [2.24, 2.45) is 0 Å². The van der Waals surface area contributed by atoms with E-state index in [0.29, 0.717) is 28.8 Å². The van der Waals surface area contributed by atoms with Crippen LogP contribution in [0.3, 0.4) is 0 Å². The van der Waals surface area contributed by atoms with Crippen LogP contribution in [0, 0.1) is 6.92 Å². The van der Waals surface area contributed by atoms with Crippen LogP contribution in [0.25, 0.3) is 5.69 Å². The first kappa shape index (κ1) is 25.8. The average molecular weight is 516 g/mol. The molecule has 11 nitrogen and oxygen atoms in total. The molecule has 1 aromatic carbocycles. The van der Waals surface area contributed by atoms with Crippen molar-refractivity contribution in [2.75, 3.05) is 32.0 Å². The van der Waals surface area contributed by atoms with Crippen LogP contribution >= 0.6 is 0 Å². The topological polar surface area (TPSA) is 133 Å². The van der Waals surface area contributed by atoms with Gasteiger partial charge in [-0.25, -0.2) is 18.4 Å². The van der Waals surface area contributed by atoms with Crippen molar-refractivity contribution < 1.29 is 17.9 Å². The van der Waals surface area contributed by atoms with E-state index in [4.69, 9.17) is 9.47 Å². The molecule has 36 heavy (non-hydrogen) atoms. The van der Waals surface area contributed by atoms with Crippen molar-refractivity contribution >= 4 is 16.0 Å². The zero-order chi connectivity index (χ0) is 25.9. The van der Waals surface area contributed by atoms with Gasteiger partial charge in [0.1, 0.15) is 28.8 Å². The molecule has 2 atom stereocenters. The quantitative estimate of drug-likeness (QED) is 0.441. The first-order valence-corrected chi connectivity index (χ1v) is 13.5. The number of para-hydroxylation sites is 1. The molecule has 1 saturated heterocycles. The summed E-state index contributed by atoms with van der Waals surface area (Å²) < 4.78 is 42.7. The minimum atomic E-state index is -3.91. The molecule has 1 aliphatic rings. The summed E-state index contributed by atoms with van der Waals surface area (Å²) in [7, 11) is -0.790. The van der Waals surface area contributed by atoms with Crippen LogP contribution in [-0.4, -0.2) is 65.7 Å². The van der Waals surface area contributed by atoms with E-state index in [9.17, 15) is 8.42 Å². The van der Waals surface area contributed by atoms with Crippen LogP contribution in [0.15, 0.2) is 30.6 Å². The van der Waals surface area contributed by atoms with Crippen LogP contribution in [0.1, 0.15) is 55.7 Å². The Balaban J connectivity index is 1.77. The van der Waals surface area contributed by atoms with Gasteiger partial charge in [-0.15, -0.1) is 10.2 Å². The molecule has 2 aromatic heterocycles. The van der Waals surface area contributed by atoms with Crippen molar-refractivity contribution in [2.45, 2.75) is 50.7 Å². The number of sulfonamides is 1. The third-order valence-electron chi connectivity index (χ3n) is 6.65. The Morgan fingerprint density at radius 2 is 1.67 bits per heavy atom. The normalized spacial score (nSPS) is 16.4. The number of nitrogens with zero attached hydrogens (tertiary/aromatic N) is 5. The minimum absolute atomic E-state index is 0.0789. The van der Waals surface area contributed by atoms with Gasteiger partial charge in [0.15, 0.2) is 0 Å². The average Bonchev–Trinajstić information content (AvgIpc) is 3.30. The second kappa shape index (κ2) is 10.8. The van der Waals surface area contributed by atoms with Crippen LogP contribution in [0.2, 0.25) is 0 Å². The summed E-state index contributed by atoms with van der Waals surface area (Å²) in [6.07, 6.45) is 5.06. The maximum absolute atomic E-state index is 13.5. The van der Waals surface area contributed by atoms with E-state index in [1.807, 2.05) is 13.0 Å². The number of ether oxygens (including phenoxy) is 2. The molecular weight excluding hydrogens is 482 g/mol. The second-order valence-electron chi connectivity index (χ2n) is 9.01. The molecule has 4 rings (SSSR count). The number of methoxy groups -OCH3 is 2. The Bertz CT molecular complexity index is 1270. The molecule has 2 N–H and O–H groups in total. The molecule has 3 aromatic rings. The van der Waals surface area contributed by atoms with Gasteiger partial charge < -0.3 is 14.8 Å². The number of piperidine rings is 1. The molecule has 0 bridgehead atoms. The van der Waals surface area contributed by atoms with Gasteiger partial charge in [0.05, 0.1) is 19.5 Å². The van der Waals surface area contributed by atoms with E-state index < -0.39 is 21.2 Å². The third kappa shape index (κ3) is 5.14. The summed E-state index contributed by atoms with van der Waals surface area (Å²) in [5.74, 6) is 1.85. The number of nitrogens with one attached hydrogen (secondary N) is 2. The molecule has 194 valence electrons. The summed E-state index contributed by atoms with van der Waals surface area (Å²) in [4.78, 5) is 8.64. The van der Waals surface area contributed by atoms with Gasteiger partial charge in [0, 0.05) is 24.2 Å². The van der Waals surface area contributed by atoms with E-state index in [1.54, 1.807) is 57.2 Å². The molecular formula is C24H33N7O4S. The van der Waals surface area contributed by atoms with E-state index in [1.165, 1.54) is 0 Å². The number of benzene rings is 1. The fourth-order valence-electron chi connectivity index (χ4n) is 4.32. The highest BCUT2D eigenvalue weighted by atomic mass is 32.2. The summed E-state index contributed by atoms with van der Waals surface area (Å²) in [5.41, 5.74) is 1.45. The second-order valence-corrected chi connectivity index (χ2v) is 11.0. The largest absolute Gasteiger partial charge is 0.494 e. The lowest BCUT2D eigenvalue weighted by atomic mass is 9.97. The zero-order valence-electron chi connectivity index (χ0n) is 21.2. The van der Waals surface area contributed by atoms with E-state index in [-0.39, 0.29) is 11.9 Å². The SMILES string of the molecule is COc1cccc(OC)c1-n1c(NS(=O)(=O)[C@@H](C)[C@H](C)c2ncc(C)cn2)nnc1C1CCNCC1. The van der Waals surface area contributed by atoms with Gasteiger partial charge in [-0.2, -0.15) is 0 Å².